The Balaban J connectivity index is 2.04. The maximum Gasteiger partial charge on any atom is 0.212 e. The molecule has 4 nitrogen and oxygen atoms in total. The quantitative estimate of drug-likeness (QED) is 0.942. The van der Waals surface area contributed by atoms with Gasteiger partial charge in [-0.05, 0) is 36.4 Å². The van der Waals surface area contributed by atoms with Gasteiger partial charge in [0, 0.05) is 12.1 Å². The first-order valence-corrected chi connectivity index (χ1v) is 7.99. The molecule has 0 aromatic heterocycles. The highest BCUT2D eigenvalue weighted by atomic mass is 16.6. The monoisotopic (exact) mass is 313 g/mol. The molecule has 1 saturated heterocycles. The van der Waals surface area contributed by atoms with E-state index in [2.05, 4.69) is 11.8 Å². The number of ether oxygens (including phenoxy) is 2. The second kappa shape index (κ2) is 6.71. The predicted molar refractivity (Wildman–Crippen MR) is 89.3 cm³/mol. The average Bonchev–Trinajstić information content (AvgIpc) is 2.62. The van der Waals surface area contributed by atoms with Gasteiger partial charge in [0.2, 0.25) is 5.79 Å². The second-order valence-electron chi connectivity index (χ2n) is 5.72. The number of benzene rings is 2. The van der Waals surface area contributed by atoms with Crippen LogP contribution in [0.4, 0.5) is 0 Å². The highest BCUT2D eigenvalue weighted by Crippen LogP contribution is 2.43. The van der Waals surface area contributed by atoms with Crippen LogP contribution in [0.5, 0.6) is 5.75 Å². The fourth-order valence-electron chi connectivity index (χ4n) is 3.26. The Labute approximate surface area is 137 Å². The molecule has 1 N–H and O–H groups in total. The number of morpholine rings is 1. The third kappa shape index (κ3) is 2.98. The van der Waals surface area contributed by atoms with Gasteiger partial charge in [-0.2, -0.15) is 0 Å². The maximum atomic E-state index is 11.4. The van der Waals surface area contributed by atoms with Crippen LogP contribution in [-0.4, -0.2) is 36.8 Å². The van der Waals surface area contributed by atoms with Gasteiger partial charge >= 0.3 is 0 Å². The Morgan fingerprint density at radius 3 is 2.48 bits per heavy atom. The van der Waals surface area contributed by atoms with Gasteiger partial charge in [0.25, 0.3) is 0 Å². The molecule has 0 bridgehead atoms. The van der Waals surface area contributed by atoms with Gasteiger partial charge in [-0.3, -0.25) is 4.90 Å². The molecule has 4 heteroatoms. The molecule has 122 valence electrons. The molecular weight excluding hydrogens is 290 g/mol. The number of aliphatic hydroxyl groups is 1. The normalized spacial score (nSPS) is 25.3. The van der Waals surface area contributed by atoms with E-state index in [4.69, 9.17) is 9.47 Å². The summed E-state index contributed by atoms with van der Waals surface area (Å²) < 4.78 is 11.1. The van der Waals surface area contributed by atoms with Crippen molar-refractivity contribution in [3.8, 4) is 5.75 Å². The Hall–Kier alpha value is -1.88. The fraction of sp³-hybridized carbons (Fsp3) is 0.368. The molecule has 0 amide bonds. The van der Waals surface area contributed by atoms with Gasteiger partial charge in [-0.15, -0.1) is 0 Å². The van der Waals surface area contributed by atoms with Crippen LogP contribution in [0.3, 0.4) is 0 Å². The van der Waals surface area contributed by atoms with Crippen LogP contribution in [0.25, 0.3) is 0 Å². The van der Waals surface area contributed by atoms with E-state index in [9.17, 15) is 5.11 Å². The minimum Gasteiger partial charge on any atom is -0.497 e. The van der Waals surface area contributed by atoms with Crippen LogP contribution in [-0.2, 0) is 10.5 Å². The van der Waals surface area contributed by atoms with Crippen molar-refractivity contribution in [2.24, 2.45) is 0 Å². The second-order valence-corrected chi connectivity index (χ2v) is 5.72. The van der Waals surface area contributed by atoms with Crippen molar-refractivity contribution in [2.45, 2.75) is 18.8 Å². The molecule has 2 atom stereocenters. The first-order valence-electron chi connectivity index (χ1n) is 7.99. The summed E-state index contributed by atoms with van der Waals surface area (Å²) in [7, 11) is 1.63. The minimum absolute atomic E-state index is 0.240. The van der Waals surface area contributed by atoms with Gasteiger partial charge in [-0.1, -0.05) is 37.3 Å². The van der Waals surface area contributed by atoms with Crippen molar-refractivity contribution < 1.29 is 14.6 Å². The smallest absolute Gasteiger partial charge is 0.212 e. The maximum absolute atomic E-state index is 11.4. The lowest BCUT2D eigenvalue weighted by Crippen LogP contribution is -2.52. The predicted octanol–water partition coefficient (Wildman–Crippen LogP) is 2.93. The number of hydrogen-bond acceptors (Lipinski definition) is 4. The lowest BCUT2D eigenvalue weighted by atomic mass is 9.89. The molecule has 0 spiro atoms. The molecule has 1 aliphatic rings. The van der Waals surface area contributed by atoms with E-state index >= 15 is 0 Å². The van der Waals surface area contributed by atoms with Crippen molar-refractivity contribution in [3.05, 3.63) is 65.7 Å². The van der Waals surface area contributed by atoms with Crippen molar-refractivity contribution in [2.75, 3.05) is 26.8 Å². The molecule has 3 rings (SSSR count). The Kier molecular flexibility index (Phi) is 4.66. The number of nitrogens with zero attached hydrogens (tertiary/aromatic N) is 1. The number of rotatable bonds is 4. The molecule has 2 aromatic rings. The van der Waals surface area contributed by atoms with Gasteiger partial charge in [0.15, 0.2) is 0 Å². The van der Waals surface area contributed by atoms with E-state index in [1.165, 1.54) is 0 Å². The summed E-state index contributed by atoms with van der Waals surface area (Å²) in [5.41, 5.74) is 1.79. The summed E-state index contributed by atoms with van der Waals surface area (Å²) in [4.78, 5) is 2.25. The average molecular weight is 313 g/mol. The summed E-state index contributed by atoms with van der Waals surface area (Å²) in [5.74, 6) is -0.612. The van der Waals surface area contributed by atoms with Crippen LogP contribution >= 0.6 is 0 Å². The largest absolute Gasteiger partial charge is 0.497 e. The summed E-state index contributed by atoms with van der Waals surface area (Å²) in [6, 6.07) is 17.2. The van der Waals surface area contributed by atoms with Crippen molar-refractivity contribution in [1.82, 2.24) is 4.90 Å². The zero-order valence-corrected chi connectivity index (χ0v) is 13.6. The molecule has 0 saturated carbocycles. The van der Waals surface area contributed by atoms with E-state index in [-0.39, 0.29) is 6.04 Å². The van der Waals surface area contributed by atoms with Crippen molar-refractivity contribution in [3.63, 3.8) is 0 Å². The molecule has 0 aliphatic carbocycles. The fourth-order valence-corrected chi connectivity index (χ4v) is 3.26. The highest BCUT2D eigenvalue weighted by molar-refractivity contribution is 5.33. The van der Waals surface area contributed by atoms with Crippen LogP contribution in [0, 0.1) is 0 Å². The van der Waals surface area contributed by atoms with Gasteiger partial charge in [0.05, 0.1) is 19.8 Å². The number of methoxy groups -OCH3 is 1. The van der Waals surface area contributed by atoms with Gasteiger partial charge in [0.1, 0.15) is 5.75 Å². The van der Waals surface area contributed by atoms with E-state index in [0.29, 0.717) is 6.61 Å². The first kappa shape index (κ1) is 16.0. The van der Waals surface area contributed by atoms with Crippen LogP contribution in [0.1, 0.15) is 24.1 Å². The van der Waals surface area contributed by atoms with E-state index in [1.54, 1.807) is 7.11 Å². The summed E-state index contributed by atoms with van der Waals surface area (Å²) in [6.07, 6.45) is 0. The zero-order valence-electron chi connectivity index (χ0n) is 13.6. The van der Waals surface area contributed by atoms with Gasteiger partial charge < -0.3 is 14.6 Å². The van der Waals surface area contributed by atoms with Crippen molar-refractivity contribution in [1.29, 1.82) is 0 Å². The molecular formula is C19H23NO3. The van der Waals surface area contributed by atoms with E-state index in [1.807, 2.05) is 54.6 Å². The first-order chi connectivity index (χ1) is 11.2. The lowest BCUT2D eigenvalue weighted by molar-refractivity contribution is -0.281. The van der Waals surface area contributed by atoms with Crippen LogP contribution < -0.4 is 4.74 Å². The Morgan fingerprint density at radius 2 is 1.87 bits per heavy atom. The lowest BCUT2D eigenvalue weighted by Gasteiger charge is -2.46. The van der Waals surface area contributed by atoms with Crippen molar-refractivity contribution >= 4 is 0 Å². The van der Waals surface area contributed by atoms with E-state index in [0.717, 1.165) is 30.0 Å². The third-order valence-corrected chi connectivity index (χ3v) is 4.46. The topological polar surface area (TPSA) is 41.9 Å². The zero-order chi connectivity index (χ0) is 16.3. The molecule has 23 heavy (non-hydrogen) atoms. The Bertz CT molecular complexity index is 629. The molecule has 1 heterocycles. The minimum atomic E-state index is -1.37. The molecule has 0 radical (unpaired) electrons. The van der Waals surface area contributed by atoms with Crippen LogP contribution in [0.15, 0.2) is 54.6 Å². The Morgan fingerprint density at radius 1 is 1.17 bits per heavy atom. The molecule has 2 aromatic carbocycles. The summed E-state index contributed by atoms with van der Waals surface area (Å²) >= 11 is 0. The molecule has 1 aliphatic heterocycles. The SMILES string of the molecule is CCN1CCO[C@](O)(c2ccc(OC)cc2)[C@@H]1c1ccccc1. The summed E-state index contributed by atoms with van der Waals surface area (Å²) in [5, 5.41) is 11.4. The highest BCUT2D eigenvalue weighted by Gasteiger charge is 2.46. The van der Waals surface area contributed by atoms with E-state index < -0.39 is 5.79 Å². The molecule has 1 fully saturated rings. The number of likely N-dealkylation sites (N-methyl/N-ethyl adjacent to an activating group) is 1. The van der Waals surface area contributed by atoms with Gasteiger partial charge in [-0.25, -0.2) is 0 Å². The molecule has 0 unspecified atom stereocenters. The van der Waals surface area contributed by atoms with Crippen LogP contribution in [0.2, 0.25) is 0 Å². The summed E-state index contributed by atoms with van der Waals surface area (Å²) in [6.45, 7) is 4.26. The number of hydrogen-bond donors (Lipinski definition) is 1. The standard InChI is InChI=1S/C19H23NO3/c1-3-20-13-14-23-19(21,16-9-11-17(22-2)12-10-16)18(20)15-7-5-4-6-8-15/h4-12,18,21H,3,13-14H2,1-2H3/t18-,19+/m0/s1. The third-order valence-electron chi connectivity index (χ3n) is 4.46.